The Bertz CT molecular complexity index is 760. The van der Waals surface area contributed by atoms with E-state index in [-0.39, 0.29) is 0 Å². The zero-order chi connectivity index (χ0) is 12.4. The van der Waals surface area contributed by atoms with Crippen LogP contribution in [0.3, 0.4) is 0 Å². The minimum atomic E-state index is 0.857. The van der Waals surface area contributed by atoms with Gasteiger partial charge in [-0.2, -0.15) is 4.68 Å². The van der Waals surface area contributed by atoms with Gasteiger partial charge >= 0.3 is 0 Å². The second-order valence-electron chi connectivity index (χ2n) is 4.10. The Labute approximate surface area is 105 Å². The first-order valence-electron chi connectivity index (χ1n) is 5.72. The van der Waals surface area contributed by atoms with Crippen molar-refractivity contribution in [2.24, 2.45) is 0 Å². The number of para-hydroxylation sites is 1. The molecule has 0 amide bonds. The van der Waals surface area contributed by atoms with Gasteiger partial charge in [0.15, 0.2) is 0 Å². The normalized spacial score (nSPS) is 10.1. The third kappa shape index (κ3) is 1.96. The van der Waals surface area contributed by atoms with Gasteiger partial charge in [-0.3, -0.25) is 0 Å². The first kappa shape index (κ1) is 10.5. The van der Waals surface area contributed by atoms with E-state index in [0.29, 0.717) is 0 Å². The minimum Gasteiger partial charge on any atom is -0.169 e. The van der Waals surface area contributed by atoms with Gasteiger partial charge in [0.2, 0.25) is 0 Å². The van der Waals surface area contributed by atoms with Crippen LogP contribution < -0.4 is 0 Å². The van der Waals surface area contributed by atoms with E-state index in [9.17, 15) is 0 Å². The topological polar surface area (TPSA) is 30.7 Å². The molecule has 0 saturated heterocycles. The van der Waals surface area contributed by atoms with Crippen LogP contribution in [0.4, 0.5) is 0 Å². The third-order valence-corrected chi connectivity index (χ3v) is 2.68. The molecule has 3 aromatic rings. The number of nitrogens with zero attached hydrogens (tertiary/aromatic N) is 3. The summed E-state index contributed by atoms with van der Waals surface area (Å²) in [7, 11) is 0. The van der Waals surface area contributed by atoms with Crippen molar-refractivity contribution in [2.45, 2.75) is 6.92 Å². The minimum absolute atomic E-state index is 0.857. The summed E-state index contributed by atoms with van der Waals surface area (Å²) in [5.41, 5.74) is 3.97. The van der Waals surface area contributed by atoms with E-state index in [1.807, 2.05) is 42.5 Å². The Morgan fingerprint density at radius 2 is 1.94 bits per heavy atom. The summed E-state index contributed by atoms with van der Waals surface area (Å²) < 4.78 is 1.61. The second kappa shape index (κ2) is 4.34. The van der Waals surface area contributed by atoms with E-state index < -0.39 is 0 Å². The number of fused-ring (bicyclic) bond motifs is 1. The summed E-state index contributed by atoms with van der Waals surface area (Å²) in [6.45, 7) is 2.05. The SMILES string of the molecule is Cc1cccc(C#Cn2nnc3ccccc32)c1. The van der Waals surface area contributed by atoms with Gasteiger partial charge in [0, 0.05) is 11.6 Å². The maximum atomic E-state index is 4.06. The van der Waals surface area contributed by atoms with Crippen LogP contribution in [-0.4, -0.2) is 15.0 Å². The molecule has 0 radical (unpaired) electrons. The van der Waals surface area contributed by atoms with Crippen LogP contribution in [0.25, 0.3) is 11.0 Å². The molecule has 0 fully saturated rings. The highest BCUT2D eigenvalue weighted by atomic mass is 15.4. The summed E-state index contributed by atoms with van der Waals surface area (Å²) >= 11 is 0. The molecule has 3 heteroatoms. The van der Waals surface area contributed by atoms with Crippen molar-refractivity contribution in [1.82, 2.24) is 15.0 Å². The van der Waals surface area contributed by atoms with Gasteiger partial charge in [0.05, 0.1) is 0 Å². The summed E-state index contributed by atoms with van der Waals surface area (Å²) in [6, 6.07) is 18.9. The number of hydrogen-bond donors (Lipinski definition) is 0. The molecule has 0 spiro atoms. The molecule has 1 aromatic heterocycles. The van der Waals surface area contributed by atoms with Gasteiger partial charge in [-0.05, 0) is 42.7 Å². The maximum Gasteiger partial charge on any atom is 0.114 e. The highest BCUT2D eigenvalue weighted by molar-refractivity contribution is 5.74. The molecule has 3 nitrogen and oxygen atoms in total. The Morgan fingerprint density at radius 3 is 2.83 bits per heavy atom. The van der Waals surface area contributed by atoms with E-state index in [0.717, 1.165) is 16.6 Å². The number of benzene rings is 2. The molecule has 1 heterocycles. The van der Waals surface area contributed by atoms with Gasteiger partial charge in [-0.25, -0.2) is 0 Å². The van der Waals surface area contributed by atoms with E-state index in [4.69, 9.17) is 0 Å². The largest absolute Gasteiger partial charge is 0.169 e. The van der Waals surface area contributed by atoms with E-state index in [1.54, 1.807) is 4.68 Å². The van der Waals surface area contributed by atoms with Crippen molar-refractivity contribution in [2.75, 3.05) is 0 Å². The first-order chi connectivity index (χ1) is 8.83. The molecule has 0 unspecified atom stereocenters. The van der Waals surface area contributed by atoms with Gasteiger partial charge < -0.3 is 0 Å². The van der Waals surface area contributed by atoms with E-state index >= 15 is 0 Å². The van der Waals surface area contributed by atoms with Gasteiger partial charge in [-0.15, -0.1) is 5.10 Å². The van der Waals surface area contributed by atoms with Crippen molar-refractivity contribution < 1.29 is 0 Å². The van der Waals surface area contributed by atoms with Crippen LogP contribution in [0.5, 0.6) is 0 Å². The Balaban J connectivity index is 2.03. The predicted octanol–water partition coefficient (Wildman–Crippen LogP) is 2.60. The van der Waals surface area contributed by atoms with Crippen LogP contribution in [0.1, 0.15) is 11.1 Å². The lowest BCUT2D eigenvalue weighted by atomic mass is 10.1. The van der Waals surface area contributed by atoms with Gasteiger partial charge in [0.25, 0.3) is 0 Å². The van der Waals surface area contributed by atoms with Crippen molar-refractivity contribution in [1.29, 1.82) is 0 Å². The molecule has 3 rings (SSSR count). The van der Waals surface area contributed by atoms with Crippen LogP contribution in [-0.2, 0) is 0 Å². The van der Waals surface area contributed by atoms with E-state index in [1.165, 1.54) is 5.56 Å². The fourth-order valence-electron chi connectivity index (χ4n) is 1.79. The molecular weight excluding hydrogens is 222 g/mol. The molecule has 0 N–H and O–H groups in total. The standard InChI is InChI=1S/C15H11N3/c1-12-5-4-6-13(11-12)9-10-18-15-8-3-2-7-14(15)16-17-18/h2-8,11H,1H3. The van der Waals surface area contributed by atoms with Crippen LogP contribution in [0, 0.1) is 18.9 Å². The zero-order valence-electron chi connectivity index (χ0n) is 9.96. The second-order valence-corrected chi connectivity index (χ2v) is 4.10. The Hall–Kier alpha value is -2.60. The lowest BCUT2D eigenvalue weighted by Gasteiger charge is -1.92. The zero-order valence-corrected chi connectivity index (χ0v) is 9.96. The molecular formula is C15H11N3. The van der Waals surface area contributed by atoms with Gasteiger partial charge in [0.1, 0.15) is 11.0 Å². The number of hydrogen-bond acceptors (Lipinski definition) is 2. The lowest BCUT2D eigenvalue weighted by Crippen LogP contribution is -1.91. The lowest BCUT2D eigenvalue weighted by molar-refractivity contribution is 0.848. The van der Waals surface area contributed by atoms with Crippen molar-refractivity contribution >= 4 is 11.0 Å². The monoisotopic (exact) mass is 233 g/mol. The first-order valence-corrected chi connectivity index (χ1v) is 5.72. The summed E-state index contributed by atoms with van der Waals surface area (Å²) in [4.78, 5) is 0. The number of rotatable bonds is 0. The fourth-order valence-corrected chi connectivity index (χ4v) is 1.79. The molecule has 0 aliphatic carbocycles. The highest BCUT2D eigenvalue weighted by Gasteiger charge is 1.99. The molecule has 2 aromatic carbocycles. The van der Waals surface area contributed by atoms with Crippen LogP contribution in [0.2, 0.25) is 0 Å². The quantitative estimate of drug-likeness (QED) is 0.559. The molecule has 0 aliphatic rings. The van der Waals surface area contributed by atoms with Gasteiger partial charge in [-0.1, -0.05) is 29.5 Å². The molecule has 0 atom stereocenters. The summed E-state index contributed by atoms with van der Waals surface area (Å²) in [5.74, 6) is 3.09. The summed E-state index contributed by atoms with van der Waals surface area (Å²) in [5, 5.41) is 8.08. The average molecular weight is 233 g/mol. The maximum absolute atomic E-state index is 4.06. The Kier molecular flexibility index (Phi) is 2.54. The fraction of sp³-hybridized carbons (Fsp3) is 0.0667. The van der Waals surface area contributed by atoms with Crippen LogP contribution >= 0.6 is 0 Å². The van der Waals surface area contributed by atoms with Crippen molar-refractivity contribution in [3.63, 3.8) is 0 Å². The molecule has 0 aliphatic heterocycles. The molecule has 18 heavy (non-hydrogen) atoms. The average Bonchev–Trinajstić information content (AvgIpc) is 2.80. The van der Waals surface area contributed by atoms with Crippen LogP contribution in [0.15, 0.2) is 48.5 Å². The predicted molar refractivity (Wildman–Crippen MR) is 71.0 cm³/mol. The number of aryl methyl sites for hydroxylation is 1. The van der Waals surface area contributed by atoms with E-state index in [2.05, 4.69) is 35.3 Å². The number of aromatic nitrogens is 3. The molecule has 0 saturated carbocycles. The summed E-state index contributed by atoms with van der Waals surface area (Å²) in [6.07, 6.45) is 0. The van der Waals surface area contributed by atoms with Crippen molar-refractivity contribution in [3.8, 4) is 12.0 Å². The third-order valence-electron chi connectivity index (χ3n) is 2.68. The highest BCUT2D eigenvalue weighted by Crippen LogP contribution is 2.08. The molecule has 86 valence electrons. The Morgan fingerprint density at radius 1 is 1.06 bits per heavy atom. The molecule has 0 bridgehead atoms. The van der Waals surface area contributed by atoms with Crippen molar-refractivity contribution in [3.05, 3.63) is 59.7 Å². The smallest absolute Gasteiger partial charge is 0.114 e.